The van der Waals surface area contributed by atoms with E-state index in [2.05, 4.69) is 28.3 Å². The maximum absolute atomic E-state index is 4.47. The van der Waals surface area contributed by atoms with Gasteiger partial charge in [0.05, 0.1) is 6.20 Å². The molecule has 19 heavy (non-hydrogen) atoms. The summed E-state index contributed by atoms with van der Waals surface area (Å²) in [5, 5.41) is 8.47. The van der Waals surface area contributed by atoms with E-state index in [9.17, 15) is 0 Å². The molecule has 2 unspecified atom stereocenters. The molecule has 1 aromatic rings. The van der Waals surface area contributed by atoms with Gasteiger partial charge >= 0.3 is 0 Å². The summed E-state index contributed by atoms with van der Waals surface area (Å²) in [5.41, 5.74) is 2.94. The van der Waals surface area contributed by atoms with Crippen LogP contribution in [0, 0.1) is 11.8 Å². The van der Waals surface area contributed by atoms with Crippen molar-refractivity contribution >= 4 is 0 Å². The van der Waals surface area contributed by atoms with Crippen molar-refractivity contribution in [3.63, 3.8) is 0 Å². The molecular weight excluding hydrogens is 234 g/mol. The van der Waals surface area contributed by atoms with E-state index in [0.29, 0.717) is 6.04 Å². The minimum atomic E-state index is 0.571. The van der Waals surface area contributed by atoms with Gasteiger partial charge in [-0.3, -0.25) is 4.68 Å². The predicted molar refractivity (Wildman–Crippen MR) is 75.9 cm³/mol. The molecule has 4 atom stereocenters. The van der Waals surface area contributed by atoms with Gasteiger partial charge in [0, 0.05) is 30.4 Å². The van der Waals surface area contributed by atoms with Crippen molar-refractivity contribution in [1.29, 1.82) is 0 Å². The molecular formula is C16H25N3. The zero-order valence-corrected chi connectivity index (χ0v) is 11.9. The largest absolute Gasteiger partial charge is 0.307 e. The lowest BCUT2D eigenvalue weighted by Gasteiger charge is -2.29. The van der Waals surface area contributed by atoms with Crippen molar-refractivity contribution in [3.05, 3.63) is 17.5 Å². The van der Waals surface area contributed by atoms with Gasteiger partial charge in [0.25, 0.3) is 0 Å². The Balaban J connectivity index is 1.52. The first kappa shape index (κ1) is 12.0. The van der Waals surface area contributed by atoms with Crippen LogP contribution in [0.4, 0.5) is 0 Å². The van der Waals surface area contributed by atoms with Crippen LogP contribution >= 0.6 is 0 Å². The van der Waals surface area contributed by atoms with Gasteiger partial charge in [0.2, 0.25) is 0 Å². The lowest BCUT2D eigenvalue weighted by Crippen LogP contribution is -2.37. The van der Waals surface area contributed by atoms with Crippen molar-refractivity contribution in [2.45, 2.75) is 63.5 Å². The maximum Gasteiger partial charge on any atom is 0.0540 e. The molecule has 0 aromatic carbocycles. The molecule has 1 aromatic heterocycles. The Bertz CT molecular complexity index is 465. The molecule has 0 amide bonds. The third-order valence-electron chi connectivity index (χ3n) is 5.87. The molecule has 1 heterocycles. The second-order valence-corrected chi connectivity index (χ2v) is 6.82. The van der Waals surface area contributed by atoms with Crippen LogP contribution in [-0.2, 0) is 13.5 Å². The number of rotatable bonds is 2. The number of hydrogen-bond donors (Lipinski definition) is 1. The van der Waals surface area contributed by atoms with Crippen molar-refractivity contribution < 1.29 is 0 Å². The Morgan fingerprint density at radius 3 is 3.05 bits per heavy atom. The minimum absolute atomic E-state index is 0.571. The molecule has 3 heteroatoms. The van der Waals surface area contributed by atoms with Gasteiger partial charge in [-0.2, -0.15) is 5.10 Å². The van der Waals surface area contributed by atoms with Crippen molar-refractivity contribution in [3.8, 4) is 0 Å². The molecule has 3 aliphatic rings. The SMILES string of the molecule is Cn1ncc2c1CCCC2NC1CC[C@@H]2CCC[C@H]12. The van der Waals surface area contributed by atoms with Crippen LogP contribution in [0.1, 0.15) is 62.2 Å². The van der Waals surface area contributed by atoms with Crippen molar-refractivity contribution in [1.82, 2.24) is 15.1 Å². The monoisotopic (exact) mass is 259 g/mol. The Labute approximate surface area is 115 Å². The number of aromatic nitrogens is 2. The molecule has 3 nitrogen and oxygen atoms in total. The topological polar surface area (TPSA) is 29.9 Å². The Kier molecular flexibility index (Phi) is 2.91. The third-order valence-corrected chi connectivity index (χ3v) is 5.87. The molecule has 2 fully saturated rings. The average molecular weight is 259 g/mol. The van der Waals surface area contributed by atoms with Crippen LogP contribution in [-0.4, -0.2) is 15.8 Å². The number of nitrogens with zero attached hydrogens (tertiary/aromatic N) is 2. The van der Waals surface area contributed by atoms with Gasteiger partial charge in [0.15, 0.2) is 0 Å². The van der Waals surface area contributed by atoms with Gasteiger partial charge in [-0.25, -0.2) is 0 Å². The standard InChI is InChI=1S/C16H25N3/c1-19-16-7-3-6-14(13(16)10-17-19)18-15-9-8-11-4-2-5-12(11)15/h10-12,14-15,18H,2-9H2,1H3/t11-,12-,14?,15?/m0/s1. The lowest BCUT2D eigenvalue weighted by molar-refractivity contribution is 0.317. The Morgan fingerprint density at radius 2 is 2.11 bits per heavy atom. The van der Waals surface area contributed by atoms with Crippen LogP contribution in [0.3, 0.4) is 0 Å². The summed E-state index contributed by atoms with van der Waals surface area (Å²) in [6, 6.07) is 1.35. The average Bonchev–Trinajstić information content (AvgIpc) is 3.09. The maximum atomic E-state index is 4.47. The first-order valence-electron chi connectivity index (χ1n) is 8.10. The van der Waals surface area contributed by atoms with E-state index >= 15 is 0 Å². The zero-order chi connectivity index (χ0) is 12.8. The van der Waals surface area contributed by atoms with Crippen LogP contribution < -0.4 is 5.32 Å². The van der Waals surface area contributed by atoms with Crippen LogP contribution in [0.25, 0.3) is 0 Å². The molecule has 0 bridgehead atoms. The second-order valence-electron chi connectivity index (χ2n) is 6.82. The first-order valence-corrected chi connectivity index (χ1v) is 8.10. The number of fused-ring (bicyclic) bond motifs is 2. The molecule has 3 aliphatic carbocycles. The summed E-state index contributed by atoms with van der Waals surface area (Å²) >= 11 is 0. The smallest absolute Gasteiger partial charge is 0.0540 e. The van der Waals surface area contributed by atoms with E-state index in [4.69, 9.17) is 0 Å². The molecule has 2 saturated carbocycles. The molecule has 104 valence electrons. The highest BCUT2D eigenvalue weighted by Crippen LogP contribution is 2.45. The fraction of sp³-hybridized carbons (Fsp3) is 0.812. The molecule has 0 saturated heterocycles. The summed E-state index contributed by atoms with van der Waals surface area (Å²) in [4.78, 5) is 0. The van der Waals surface area contributed by atoms with Crippen molar-refractivity contribution in [2.24, 2.45) is 18.9 Å². The van der Waals surface area contributed by atoms with Gasteiger partial charge < -0.3 is 5.32 Å². The summed E-state index contributed by atoms with van der Waals surface area (Å²) < 4.78 is 2.08. The number of nitrogens with one attached hydrogen (secondary N) is 1. The minimum Gasteiger partial charge on any atom is -0.307 e. The predicted octanol–water partition coefficient (Wildman–Crippen LogP) is 2.97. The Morgan fingerprint density at radius 1 is 1.16 bits per heavy atom. The third kappa shape index (κ3) is 1.94. The van der Waals surface area contributed by atoms with Crippen molar-refractivity contribution in [2.75, 3.05) is 0 Å². The molecule has 0 radical (unpaired) electrons. The van der Waals surface area contributed by atoms with E-state index in [-0.39, 0.29) is 0 Å². The highest BCUT2D eigenvalue weighted by Gasteiger charge is 2.40. The second kappa shape index (κ2) is 4.62. The highest BCUT2D eigenvalue weighted by atomic mass is 15.3. The highest BCUT2D eigenvalue weighted by molar-refractivity contribution is 5.25. The fourth-order valence-electron chi connectivity index (χ4n) is 4.91. The molecule has 0 aliphatic heterocycles. The summed E-state index contributed by atoms with van der Waals surface area (Å²) in [7, 11) is 2.09. The Hall–Kier alpha value is -0.830. The quantitative estimate of drug-likeness (QED) is 0.885. The number of hydrogen-bond acceptors (Lipinski definition) is 2. The summed E-state index contributed by atoms with van der Waals surface area (Å²) in [5.74, 6) is 2.01. The van der Waals surface area contributed by atoms with E-state index in [1.165, 1.54) is 62.6 Å². The normalized spacial score (nSPS) is 37.3. The van der Waals surface area contributed by atoms with E-state index < -0.39 is 0 Å². The van der Waals surface area contributed by atoms with E-state index in [0.717, 1.165) is 17.9 Å². The van der Waals surface area contributed by atoms with Crippen LogP contribution in [0.15, 0.2) is 6.20 Å². The van der Waals surface area contributed by atoms with E-state index in [1.807, 2.05) is 0 Å². The van der Waals surface area contributed by atoms with Crippen LogP contribution in [0.5, 0.6) is 0 Å². The zero-order valence-electron chi connectivity index (χ0n) is 11.9. The first-order chi connectivity index (χ1) is 9.33. The summed E-state index contributed by atoms with van der Waals surface area (Å²) in [6.45, 7) is 0. The van der Waals surface area contributed by atoms with Gasteiger partial charge in [-0.1, -0.05) is 12.8 Å². The van der Waals surface area contributed by atoms with Gasteiger partial charge in [-0.15, -0.1) is 0 Å². The molecule has 0 spiro atoms. The fourth-order valence-corrected chi connectivity index (χ4v) is 4.91. The summed E-state index contributed by atoms with van der Waals surface area (Å²) in [6.07, 6.45) is 13.2. The van der Waals surface area contributed by atoms with Gasteiger partial charge in [-0.05, 0) is 50.4 Å². The van der Waals surface area contributed by atoms with Gasteiger partial charge in [0.1, 0.15) is 0 Å². The van der Waals surface area contributed by atoms with Crippen LogP contribution in [0.2, 0.25) is 0 Å². The number of aryl methyl sites for hydroxylation is 1. The molecule has 1 N–H and O–H groups in total. The lowest BCUT2D eigenvalue weighted by atomic mass is 9.90. The van der Waals surface area contributed by atoms with E-state index in [1.54, 1.807) is 0 Å². The molecule has 4 rings (SSSR count).